The van der Waals surface area contributed by atoms with E-state index in [0.29, 0.717) is 32.0 Å². The van der Waals surface area contributed by atoms with Gasteiger partial charge in [-0.3, -0.25) is 0 Å². The summed E-state index contributed by atoms with van der Waals surface area (Å²) >= 11 is 0. The molecule has 1 N–H and O–H groups in total. The Morgan fingerprint density at radius 1 is 1.30 bits per heavy atom. The predicted molar refractivity (Wildman–Crippen MR) is 88.4 cm³/mol. The number of nitrogens with one attached hydrogen (secondary N) is 1. The van der Waals surface area contributed by atoms with E-state index in [4.69, 9.17) is 0 Å². The van der Waals surface area contributed by atoms with Crippen LogP contribution in [0.5, 0.6) is 0 Å². The zero-order valence-electron chi connectivity index (χ0n) is 13.3. The standard InChI is InChI=1S/C16H23N3O3S/c1-13-12-19(15(13)14-6-3-2-4-7-14)16(20)17-8-10-18-9-5-11-23(18,21)22/h2-4,6-7,13,15H,5,8-12H2,1H3,(H,17,20)/t13-,15+/m0/s1. The number of hydrogen-bond acceptors (Lipinski definition) is 3. The van der Waals surface area contributed by atoms with Gasteiger partial charge in [0.2, 0.25) is 10.0 Å². The molecule has 2 fully saturated rings. The summed E-state index contributed by atoms with van der Waals surface area (Å²) in [5, 5.41) is 2.85. The second kappa shape index (κ2) is 6.49. The zero-order chi connectivity index (χ0) is 16.4. The molecule has 2 atom stereocenters. The fourth-order valence-electron chi connectivity index (χ4n) is 3.39. The van der Waals surface area contributed by atoms with Gasteiger partial charge in [0, 0.05) is 26.2 Å². The first-order valence-corrected chi connectivity index (χ1v) is 9.67. The van der Waals surface area contributed by atoms with Crippen LogP contribution in [0.3, 0.4) is 0 Å². The third kappa shape index (κ3) is 3.35. The summed E-state index contributed by atoms with van der Waals surface area (Å²) in [5.74, 6) is 0.655. The Hall–Kier alpha value is -1.60. The number of benzene rings is 1. The molecule has 2 aliphatic rings. The fraction of sp³-hybridized carbons (Fsp3) is 0.562. The fourth-order valence-corrected chi connectivity index (χ4v) is 4.92. The van der Waals surface area contributed by atoms with Crippen LogP contribution in [0.2, 0.25) is 0 Å². The van der Waals surface area contributed by atoms with E-state index in [1.807, 2.05) is 35.2 Å². The van der Waals surface area contributed by atoms with Gasteiger partial charge >= 0.3 is 6.03 Å². The van der Waals surface area contributed by atoms with Crippen molar-refractivity contribution < 1.29 is 13.2 Å². The molecule has 1 aromatic rings. The van der Waals surface area contributed by atoms with Crippen molar-refractivity contribution in [2.24, 2.45) is 5.92 Å². The molecule has 0 saturated carbocycles. The van der Waals surface area contributed by atoms with Crippen LogP contribution in [0.4, 0.5) is 4.79 Å². The average molecular weight is 337 g/mol. The molecular weight excluding hydrogens is 314 g/mol. The summed E-state index contributed by atoms with van der Waals surface area (Å²) in [6.45, 7) is 4.13. The Bertz CT molecular complexity index is 662. The summed E-state index contributed by atoms with van der Waals surface area (Å²) in [4.78, 5) is 14.2. The third-order valence-corrected chi connectivity index (χ3v) is 6.56. The summed E-state index contributed by atoms with van der Waals surface area (Å²) in [6.07, 6.45) is 0.677. The summed E-state index contributed by atoms with van der Waals surface area (Å²) in [5.41, 5.74) is 1.14. The lowest BCUT2D eigenvalue weighted by atomic mass is 9.85. The normalized spacial score (nSPS) is 26.7. The first kappa shape index (κ1) is 16.3. The quantitative estimate of drug-likeness (QED) is 0.903. The van der Waals surface area contributed by atoms with Gasteiger partial charge in [-0.1, -0.05) is 37.3 Å². The van der Waals surface area contributed by atoms with Gasteiger partial charge in [-0.2, -0.15) is 0 Å². The van der Waals surface area contributed by atoms with Crippen molar-refractivity contribution in [3.63, 3.8) is 0 Å². The molecule has 7 heteroatoms. The molecule has 0 radical (unpaired) electrons. The molecule has 0 unspecified atom stereocenters. The van der Waals surface area contributed by atoms with Crippen LogP contribution in [0.15, 0.2) is 30.3 Å². The highest BCUT2D eigenvalue weighted by Gasteiger charge is 2.39. The average Bonchev–Trinajstić information content (AvgIpc) is 2.84. The second-order valence-electron chi connectivity index (χ2n) is 6.29. The van der Waals surface area contributed by atoms with Crippen molar-refractivity contribution in [1.29, 1.82) is 0 Å². The first-order valence-electron chi connectivity index (χ1n) is 8.06. The van der Waals surface area contributed by atoms with E-state index >= 15 is 0 Å². The SMILES string of the molecule is C[C@H]1CN(C(=O)NCCN2CCCS2(=O)=O)[C@H]1c1ccccc1. The highest BCUT2D eigenvalue weighted by Crippen LogP contribution is 2.38. The van der Waals surface area contributed by atoms with Crippen molar-refractivity contribution in [1.82, 2.24) is 14.5 Å². The molecule has 23 heavy (non-hydrogen) atoms. The maximum Gasteiger partial charge on any atom is 0.317 e. The van der Waals surface area contributed by atoms with Crippen LogP contribution in [0, 0.1) is 5.92 Å². The number of rotatable bonds is 4. The Morgan fingerprint density at radius 2 is 2.04 bits per heavy atom. The predicted octanol–water partition coefficient (Wildman–Crippen LogP) is 1.42. The number of urea groups is 1. The first-order chi connectivity index (χ1) is 11.0. The van der Waals surface area contributed by atoms with Crippen molar-refractivity contribution in [3.05, 3.63) is 35.9 Å². The number of amides is 2. The maximum absolute atomic E-state index is 12.3. The van der Waals surface area contributed by atoms with Crippen molar-refractivity contribution >= 4 is 16.1 Å². The van der Waals surface area contributed by atoms with Crippen LogP contribution >= 0.6 is 0 Å². The Morgan fingerprint density at radius 3 is 2.65 bits per heavy atom. The van der Waals surface area contributed by atoms with Gasteiger partial charge in [-0.05, 0) is 17.9 Å². The summed E-state index contributed by atoms with van der Waals surface area (Å²) in [7, 11) is -3.09. The Balaban J connectivity index is 1.53. The number of sulfonamides is 1. The zero-order valence-corrected chi connectivity index (χ0v) is 14.1. The van der Waals surface area contributed by atoms with E-state index in [1.165, 1.54) is 4.31 Å². The number of carbonyl (C=O) groups excluding carboxylic acids is 1. The minimum atomic E-state index is -3.09. The number of hydrogen-bond donors (Lipinski definition) is 1. The van der Waals surface area contributed by atoms with E-state index in [-0.39, 0.29) is 17.8 Å². The Labute approximate surface area is 137 Å². The maximum atomic E-state index is 12.3. The van der Waals surface area contributed by atoms with Gasteiger partial charge in [-0.25, -0.2) is 17.5 Å². The van der Waals surface area contributed by atoms with Crippen LogP contribution in [0.1, 0.15) is 24.9 Å². The molecule has 3 rings (SSSR count). The van der Waals surface area contributed by atoms with Crippen LogP contribution < -0.4 is 5.32 Å². The van der Waals surface area contributed by atoms with Crippen molar-refractivity contribution in [3.8, 4) is 0 Å². The molecule has 2 saturated heterocycles. The van der Waals surface area contributed by atoms with E-state index in [2.05, 4.69) is 12.2 Å². The highest BCUT2D eigenvalue weighted by atomic mass is 32.2. The monoisotopic (exact) mass is 337 g/mol. The summed E-state index contributed by atoms with van der Waals surface area (Å²) in [6, 6.07) is 9.99. The lowest BCUT2D eigenvalue weighted by Crippen LogP contribution is -2.55. The smallest absolute Gasteiger partial charge is 0.317 e. The largest absolute Gasteiger partial charge is 0.337 e. The van der Waals surface area contributed by atoms with Gasteiger partial charge in [-0.15, -0.1) is 0 Å². The molecule has 6 nitrogen and oxygen atoms in total. The molecule has 0 aromatic heterocycles. The highest BCUT2D eigenvalue weighted by molar-refractivity contribution is 7.89. The minimum absolute atomic E-state index is 0.103. The van der Waals surface area contributed by atoms with E-state index < -0.39 is 10.0 Å². The molecule has 0 bridgehead atoms. The number of carbonyl (C=O) groups is 1. The Kier molecular flexibility index (Phi) is 4.59. The molecule has 0 spiro atoms. The van der Waals surface area contributed by atoms with Gasteiger partial charge in [0.1, 0.15) is 0 Å². The van der Waals surface area contributed by atoms with Gasteiger partial charge in [0.05, 0.1) is 11.8 Å². The molecule has 0 aliphatic carbocycles. The molecule has 2 heterocycles. The number of likely N-dealkylation sites (tertiary alicyclic amines) is 1. The lowest BCUT2D eigenvalue weighted by Gasteiger charge is -2.46. The van der Waals surface area contributed by atoms with Gasteiger partial charge in [0.25, 0.3) is 0 Å². The third-order valence-electron chi connectivity index (χ3n) is 4.60. The molecular formula is C16H23N3O3S. The van der Waals surface area contributed by atoms with E-state index in [1.54, 1.807) is 0 Å². The van der Waals surface area contributed by atoms with Crippen molar-refractivity contribution in [2.45, 2.75) is 19.4 Å². The number of nitrogens with zero attached hydrogens (tertiary/aromatic N) is 2. The molecule has 2 amide bonds. The van der Waals surface area contributed by atoms with E-state index in [0.717, 1.165) is 12.1 Å². The van der Waals surface area contributed by atoms with E-state index in [9.17, 15) is 13.2 Å². The minimum Gasteiger partial charge on any atom is -0.337 e. The molecule has 2 aliphatic heterocycles. The molecule has 1 aromatic carbocycles. The van der Waals surface area contributed by atoms with Crippen LogP contribution in [-0.4, -0.2) is 55.6 Å². The van der Waals surface area contributed by atoms with Gasteiger partial charge < -0.3 is 10.2 Å². The summed E-state index contributed by atoms with van der Waals surface area (Å²) < 4.78 is 24.9. The van der Waals surface area contributed by atoms with Crippen LogP contribution in [-0.2, 0) is 10.0 Å². The lowest BCUT2D eigenvalue weighted by molar-refractivity contribution is 0.0592. The van der Waals surface area contributed by atoms with Crippen LogP contribution in [0.25, 0.3) is 0 Å². The van der Waals surface area contributed by atoms with Crippen molar-refractivity contribution in [2.75, 3.05) is 31.9 Å². The molecule has 126 valence electrons. The second-order valence-corrected chi connectivity index (χ2v) is 8.37. The topological polar surface area (TPSA) is 69.7 Å². The van der Waals surface area contributed by atoms with Gasteiger partial charge in [0.15, 0.2) is 0 Å².